The minimum atomic E-state index is -0.384. The molecular formula is C21H18FN7O2. The summed E-state index contributed by atoms with van der Waals surface area (Å²) in [6.45, 7) is 5.32. The van der Waals surface area contributed by atoms with Gasteiger partial charge in [-0.15, -0.1) is 0 Å². The number of carbonyl (C=O) groups is 1. The van der Waals surface area contributed by atoms with E-state index in [4.69, 9.17) is 10.3 Å². The van der Waals surface area contributed by atoms with Crippen LogP contribution in [0.3, 0.4) is 0 Å². The van der Waals surface area contributed by atoms with Crippen molar-refractivity contribution >= 4 is 17.4 Å². The van der Waals surface area contributed by atoms with Crippen molar-refractivity contribution < 1.29 is 13.7 Å². The van der Waals surface area contributed by atoms with Gasteiger partial charge < -0.3 is 15.6 Å². The summed E-state index contributed by atoms with van der Waals surface area (Å²) in [5.74, 6) is -0.414. The maximum Gasteiger partial charge on any atom is 0.250 e. The first-order valence-electron chi connectivity index (χ1n) is 9.24. The Morgan fingerprint density at radius 1 is 1.29 bits per heavy atom. The largest absolute Gasteiger partial charge is 0.382 e. The summed E-state index contributed by atoms with van der Waals surface area (Å²) in [6.07, 6.45) is 2.83. The second kappa shape index (κ2) is 8.19. The minimum Gasteiger partial charge on any atom is -0.382 e. The molecule has 3 N–H and O–H groups in total. The highest BCUT2D eigenvalue weighted by atomic mass is 19.1. The number of nitrogens with one attached hydrogen (secondary N) is 1. The van der Waals surface area contributed by atoms with E-state index in [0.717, 1.165) is 0 Å². The molecule has 0 atom stereocenters. The van der Waals surface area contributed by atoms with Gasteiger partial charge in [-0.2, -0.15) is 5.10 Å². The Morgan fingerprint density at radius 2 is 2.10 bits per heavy atom. The summed E-state index contributed by atoms with van der Waals surface area (Å²) in [5.41, 5.74) is 8.55. The van der Waals surface area contributed by atoms with E-state index in [0.29, 0.717) is 28.2 Å². The van der Waals surface area contributed by atoms with Crippen LogP contribution in [0, 0.1) is 5.82 Å². The predicted molar refractivity (Wildman–Crippen MR) is 112 cm³/mol. The van der Waals surface area contributed by atoms with E-state index in [1.54, 1.807) is 41.9 Å². The fraction of sp³-hybridized carbons (Fsp3) is 0.0952. The van der Waals surface area contributed by atoms with Crippen LogP contribution >= 0.6 is 0 Å². The smallest absolute Gasteiger partial charge is 0.250 e. The predicted octanol–water partition coefficient (Wildman–Crippen LogP) is 3.28. The third-order valence-electron chi connectivity index (χ3n) is 4.44. The average Bonchev–Trinajstić information content (AvgIpc) is 3.41. The topological polar surface area (TPSA) is 125 Å². The zero-order chi connectivity index (χ0) is 22.0. The fourth-order valence-electron chi connectivity index (χ4n) is 2.83. The van der Waals surface area contributed by atoms with Crippen LogP contribution in [0.4, 0.5) is 15.9 Å². The molecule has 3 aromatic heterocycles. The number of amides is 1. The molecule has 0 unspecified atom stereocenters. The van der Waals surface area contributed by atoms with Gasteiger partial charge in [0.1, 0.15) is 29.2 Å². The van der Waals surface area contributed by atoms with Crippen LogP contribution in [0.5, 0.6) is 0 Å². The van der Waals surface area contributed by atoms with Crippen molar-refractivity contribution in [1.29, 1.82) is 0 Å². The van der Waals surface area contributed by atoms with Gasteiger partial charge >= 0.3 is 0 Å². The first-order valence-corrected chi connectivity index (χ1v) is 9.24. The number of hydrogen-bond donors (Lipinski definition) is 2. The highest BCUT2D eigenvalue weighted by molar-refractivity contribution is 6.04. The third-order valence-corrected chi connectivity index (χ3v) is 4.44. The zero-order valence-electron chi connectivity index (χ0n) is 16.5. The van der Waals surface area contributed by atoms with Crippen LogP contribution in [0.1, 0.15) is 12.5 Å². The Kier molecular flexibility index (Phi) is 5.27. The molecule has 9 nitrogen and oxygen atoms in total. The SMILES string of the molecule is C=C(C)C(=O)Nc1cnc(-c2cc(-c3ccon3)n(Cc3ccccc3F)n2)nc1N. The van der Waals surface area contributed by atoms with Crippen molar-refractivity contribution in [3.05, 3.63) is 72.4 Å². The van der Waals surface area contributed by atoms with E-state index in [1.807, 2.05) is 0 Å². The first kappa shape index (κ1) is 20.0. The first-order chi connectivity index (χ1) is 14.9. The molecule has 31 heavy (non-hydrogen) atoms. The number of rotatable bonds is 6. The van der Waals surface area contributed by atoms with Crippen molar-refractivity contribution in [2.24, 2.45) is 0 Å². The lowest BCUT2D eigenvalue weighted by atomic mass is 10.2. The van der Waals surface area contributed by atoms with Gasteiger partial charge in [-0.3, -0.25) is 9.48 Å². The van der Waals surface area contributed by atoms with Crippen molar-refractivity contribution in [3.8, 4) is 22.9 Å². The molecule has 1 amide bonds. The van der Waals surface area contributed by atoms with E-state index >= 15 is 0 Å². The summed E-state index contributed by atoms with van der Waals surface area (Å²) < 4.78 is 20.7. The maximum atomic E-state index is 14.2. The average molecular weight is 419 g/mol. The molecule has 0 aliphatic heterocycles. The second-order valence-corrected chi connectivity index (χ2v) is 6.78. The van der Waals surface area contributed by atoms with Crippen LogP contribution in [0.15, 0.2) is 65.5 Å². The molecule has 156 valence electrons. The number of carbonyl (C=O) groups excluding carboxylic acids is 1. The number of nitrogens with zero attached hydrogens (tertiary/aromatic N) is 5. The van der Waals surface area contributed by atoms with Crippen molar-refractivity contribution in [3.63, 3.8) is 0 Å². The summed E-state index contributed by atoms with van der Waals surface area (Å²) in [5, 5.41) is 11.1. The molecule has 0 bridgehead atoms. The molecular weight excluding hydrogens is 401 g/mol. The van der Waals surface area contributed by atoms with Crippen LogP contribution in [-0.2, 0) is 11.3 Å². The van der Waals surface area contributed by atoms with E-state index in [1.165, 1.54) is 18.5 Å². The number of hydrogen-bond acceptors (Lipinski definition) is 7. The number of aromatic nitrogens is 5. The zero-order valence-corrected chi connectivity index (χ0v) is 16.5. The molecule has 3 heterocycles. The van der Waals surface area contributed by atoms with E-state index < -0.39 is 0 Å². The second-order valence-electron chi connectivity index (χ2n) is 6.78. The fourth-order valence-corrected chi connectivity index (χ4v) is 2.83. The Labute approximate surface area is 176 Å². The number of nitrogens with two attached hydrogens (primary N) is 1. The van der Waals surface area contributed by atoms with E-state index in [-0.39, 0.29) is 35.6 Å². The third kappa shape index (κ3) is 4.17. The summed E-state index contributed by atoms with van der Waals surface area (Å²) in [7, 11) is 0. The monoisotopic (exact) mass is 419 g/mol. The summed E-state index contributed by atoms with van der Waals surface area (Å²) >= 11 is 0. The highest BCUT2D eigenvalue weighted by Gasteiger charge is 2.18. The Morgan fingerprint density at radius 3 is 2.77 bits per heavy atom. The van der Waals surface area contributed by atoms with E-state index in [2.05, 4.69) is 32.1 Å². The number of anilines is 2. The molecule has 0 aliphatic rings. The molecule has 0 spiro atoms. The maximum absolute atomic E-state index is 14.2. The van der Waals surface area contributed by atoms with Gasteiger partial charge in [0.2, 0.25) is 0 Å². The Balaban J connectivity index is 1.71. The highest BCUT2D eigenvalue weighted by Crippen LogP contribution is 2.26. The Bertz CT molecular complexity index is 1260. The molecule has 0 aliphatic carbocycles. The van der Waals surface area contributed by atoms with Gasteiger partial charge in [0.25, 0.3) is 5.91 Å². The van der Waals surface area contributed by atoms with Crippen LogP contribution in [0.25, 0.3) is 22.9 Å². The van der Waals surface area contributed by atoms with Gasteiger partial charge in [-0.25, -0.2) is 14.4 Å². The summed E-state index contributed by atoms with van der Waals surface area (Å²) in [4.78, 5) is 20.3. The van der Waals surface area contributed by atoms with Gasteiger partial charge in [0.15, 0.2) is 11.6 Å². The molecule has 0 saturated heterocycles. The van der Waals surface area contributed by atoms with Gasteiger partial charge in [-0.1, -0.05) is 29.9 Å². The van der Waals surface area contributed by atoms with Crippen LogP contribution in [-0.4, -0.2) is 30.8 Å². The van der Waals surface area contributed by atoms with Gasteiger partial charge in [0.05, 0.1) is 18.4 Å². The molecule has 1 aromatic carbocycles. The number of benzene rings is 1. The van der Waals surface area contributed by atoms with Crippen molar-refractivity contribution in [2.45, 2.75) is 13.5 Å². The number of halogens is 1. The molecule has 0 fully saturated rings. The normalized spacial score (nSPS) is 10.8. The van der Waals surface area contributed by atoms with Crippen molar-refractivity contribution in [1.82, 2.24) is 24.9 Å². The van der Waals surface area contributed by atoms with Crippen molar-refractivity contribution in [2.75, 3.05) is 11.1 Å². The molecule has 0 saturated carbocycles. The van der Waals surface area contributed by atoms with Crippen LogP contribution in [0.2, 0.25) is 0 Å². The Hall–Kier alpha value is -4.34. The lowest BCUT2D eigenvalue weighted by Gasteiger charge is -2.07. The summed E-state index contributed by atoms with van der Waals surface area (Å²) in [6, 6.07) is 9.81. The molecule has 0 radical (unpaired) electrons. The lowest BCUT2D eigenvalue weighted by molar-refractivity contribution is -0.112. The molecule has 4 aromatic rings. The van der Waals surface area contributed by atoms with Gasteiger partial charge in [-0.05, 0) is 19.1 Å². The quantitative estimate of drug-likeness (QED) is 0.460. The van der Waals surface area contributed by atoms with Gasteiger partial charge in [0, 0.05) is 17.2 Å². The molecule has 10 heteroatoms. The standard InChI is InChI=1S/C21H18FN7O2/c1-12(2)21(30)25-17-10-24-20(26-19(17)23)16-9-18(15-7-8-31-28-15)29(27-16)11-13-5-3-4-6-14(13)22/h3-10H,1,11H2,2H3,(H,25,30)(H2,23,24,26). The van der Waals surface area contributed by atoms with Crippen LogP contribution < -0.4 is 11.1 Å². The van der Waals surface area contributed by atoms with E-state index in [9.17, 15) is 9.18 Å². The lowest BCUT2D eigenvalue weighted by Crippen LogP contribution is -2.14. The minimum absolute atomic E-state index is 0.0752. The number of nitrogen functional groups attached to an aromatic ring is 1. The molecule has 4 rings (SSSR count).